The predicted molar refractivity (Wildman–Crippen MR) is 99.4 cm³/mol. The fraction of sp³-hybridized carbons (Fsp3) is 0.526. The highest BCUT2D eigenvalue weighted by Gasteiger charge is 2.04. The maximum Gasteiger partial charge on any atom is 0.193 e. The number of benzene rings is 1. The van der Waals surface area contributed by atoms with E-state index in [0.29, 0.717) is 0 Å². The maximum atomic E-state index is 5.18. The molecule has 23 heavy (non-hydrogen) atoms. The summed E-state index contributed by atoms with van der Waals surface area (Å²) in [5, 5.41) is 3.36. The molecule has 0 bridgehead atoms. The summed E-state index contributed by atoms with van der Waals surface area (Å²) in [4.78, 5) is 6.92. The molecule has 0 aliphatic rings. The van der Waals surface area contributed by atoms with Crippen LogP contribution in [0.3, 0.4) is 0 Å². The standard InChI is InChI=1S/C19H31N3O/c1-5-7-8-16-22(3)19(20-6-2)21-15-9-10-17-11-13-18(23-4)14-12-17/h5,11-14H,1,6-10,15-16H2,2-4H3,(H,20,21). The highest BCUT2D eigenvalue weighted by Crippen LogP contribution is 2.12. The minimum atomic E-state index is 0.833. The van der Waals surface area contributed by atoms with E-state index in [1.54, 1.807) is 7.11 Å². The van der Waals surface area contributed by atoms with Gasteiger partial charge in [-0.2, -0.15) is 0 Å². The third kappa shape index (κ3) is 7.73. The summed E-state index contributed by atoms with van der Waals surface area (Å²) in [6.45, 7) is 8.59. The average molecular weight is 317 g/mol. The molecule has 4 heteroatoms. The molecule has 1 aromatic carbocycles. The van der Waals surface area contributed by atoms with Crippen molar-refractivity contribution < 1.29 is 4.74 Å². The third-order valence-electron chi connectivity index (χ3n) is 3.64. The summed E-state index contributed by atoms with van der Waals surface area (Å²) in [6, 6.07) is 8.26. The Balaban J connectivity index is 2.41. The van der Waals surface area contributed by atoms with Gasteiger partial charge in [-0.3, -0.25) is 4.99 Å². The molecule has 1 aromatic rings. The molecule has 0 aromatic heterocycles. The van der Waals surface area contributed by atoms with Gasteiger partial charge in [0.1, 0.15) is 5.75 Å². The van der Waals surface area contributed by atoms with Gasteiger partial charge in [-0.15, -0.1) is 6.58 Å². The molecular formula is C19H31N3O. The van der Waals surface area contributed by atoms with Gasteiger partial charge in [-0.05, 0) is 50.3 Å². The molecule has 0 saturated heterocycles. The molecule has 0 unspecified atom stereocenters. The minimum Gasteiger partial charge on any atom is -0.497 e. The molecule has 0 aliphatic heterocycles. The fourth-order valence-electron chi connectivity index (χ4n) is 2.31. The molecule has 0 saturated carbocycles. The quantitative estimate of drug-likeness (QED) is 0.311. The van der Waals surface area contributed by atoms with Gasteiger partial charge in [-0.25, -0.2) is 0 Å². The van der Waals surface area contributed by atoms with Crippen LogP contribution >= 0.6 is 0 Å². The Bertz CT molecular complexity index is 468. The predicted octanol–water partition coefficient (Wildman–Crippen LogP) is 3.49. The van der Waals surface area contributed by atoms with Crippen molar-refractivity contribution in [2.45, 2.75) is 32.6 Å². The zero-order valence-corrected chi connectivity index (χ0v) is 14.8. The van der Waals surface area contributed by atoms with Crippen LogP contribution in [-0.4, -0.2) is 44.7 Å². The summed E-state index contributed by atoms with van der Waals surface area (Å²) in [6.07, 6.45) is 6.19. The van der Waals surface area contributed by atoms with Crippen LogP contribution in [0.25, 0.3) is 0 Å². The van der Waals surface area contributed by atoms with Gasteiger partial charge < -0.3 is 15.0 Å². The number of aryl methyl sites for hydroxylation is 1. The lowest BCUT2D eigenvalue weighted by atomic mass is 10.1. The Morgan fingerprint density at radius 2 is 2.04 bits per heavy atom. The molecule has 0 aliphatic carbocycles. The SMILES string of the molecule is C=CCCCN(C)C(=NCCCc1ccc(OC)cc1)NCC. The fourth-order valence-corrected chi connectivity index (χ4v) is 2.31. The number of unbranched alkanes of at least 4 members (excludes halogenated alkanes) is 1. The first-order chi connectivity index (χ1) is 11.2. The van der Waals surface area contributed by atoms with Crippen LogP contribution in [-0.2, 0) is 6.42 Å². The van der Waals surface area contributed by atoms with Crippen LogP contribution in [0.4, 0.5) is 0 Å². The number of hydrogen-bond acceptors (Lipinski definition) is 2. The Labute approximate surface area is 141 Å². The lowest BCUT2D eigenvalue weighted by Gasteiger charge is -2.21. The number of aliphatic imine (C=N–C) groups is 1. The van der Waals surface area contributed by atoms with Crippen LogP contribution in [0.1, 0.15) is 31.7 Å². The van der Waals surface area contributed by atoms with Crippen molar-refractivity contribution in [3.05, 3.63) is 42.5 Å². The molecule has 0 amide bonds. The van der Waals surface area contributed by atoms with Crippen molar-refractivity contribution in [2.24, 2.45) is 4.99 Å². The molecule has 0 radical (unpaired) electrons. The van der Waals surface area contributed by atoms with E-state index in [1.165, 1.54) is 5.56 Å². The second-order valence-corrected chi connectivity index (χ2v) is 5.54. The Morgan fingerprint density at radius 3 is 2.65 bits per heavy atom. The highest BCUT2D eigenvalue weighted by atomic mass is 16.5. The van der Waals surface area contributed by atoms with E-state index in [-0.39, 0.29) is 0 Å². The zero-order chi connectivity index (χ0) is 16.9. The molecule has 128 valence electrons. The van der Waals surface area contributed by atoms with Gasteiger partial charge in [0.25, 0.3) is 0 Å². The number of guanidine groups is 1. The first kappa shape index (κ1) is 19.1. The number of allylic oxidation sites excluding steroid dienone is 1. The molecule has 0 atom stereocenters. The molecule has 1 N–H and O–H groups in total. The lowest BCUT2D eigenvalue weighted by molar-refractivity contribution is 0.414. The lowest BCUT2D eigenvalue weighted by Crippen LogP contribution is -2.39. The number of ether oxygens (including phenoxy) is 1. The van der Waals surface area contributed by atoms with E-state index in [4.69, 9.17) is 9.73 Å². The number of rotatable bonds is 10. The zero-order valence-electron chi connectivity index (χ0n) is 14.8. The second kappa shape index (κ2) is 11.6. The Morgan fingerprint density at radius 1 is 1.30 bits per heavy atom. The monoisotopic (exact) mass is 317 g/mol. The van der Waals surface area contributed by atoms with Crippen molar-refractivity contribution in [1.29, 1.82) is 0 Å². The van der Waals surface area contributed by atoms with Crippen LogP contribution in [0.15, 0.2) is 41.9 Å². The smallest absolute Gasteiger partial charge is 0.193 e. The first-order valence-corrected chi connectivity index (χ1v) is 8.44. The van der Waals surface area contributed by atoms with Crippen molar-refractivity contribution >= 4 is 5.96 Å². The van der Waals surface area contributed by atoms with E-state index in [9.17, 15) is 0 Å². The summed E-state index contributed by atoms with van der Waals surface area (Å²) in [7, 11) is 3.78. The van der Waals surface area contributed by atoms with E-state index < -0.39 is 0 Å². The Kier molecular flexibility index (Phi) is 9.60. The van der Waals surface area contributed by atoms with Crippen LogP contribution in [0.2, 0.25) is 0 Å². The summed E-state index contributed by atoms with van der Waals surface area (Å²) < 4.78 is 5.18. The summed E-state index contributed by atoms with van der Waals surface area (Å²) in [5.41, 5.74) is 1.32. The van der Waals surface area contributed by atoms with Crippen LogP contribution in [0, 0.1) is 0 Å². The molecular weight excluding hydrogens is 286 g/mol. The molecule has 0 heterocycles. The highest BCUT2D eigenvalue weighted by molar-refractivity contribution is 5.79. The number of hydrogen-bond donors (Lipinski definition) is 1. The number of methoxy groups -OCH3 is 1. The topological polar surface area (TPSA) is 36.9 Å². The van der Waals surface area contributed by atoms with Crippen molar-refractivity contribution in [2.75, 3.05) is 33.8 Å². The summed E-state index contributed by atoms with van der Waals surface area (Å²) >= 11 is 0. The Hall–Kier alpha value is -1.97. The summed E-state index contributed by atoms with van der Waals surface area (Å²) in [5.74, 6) is 1.90. The van der Waals surface area contributed by atoms with Gasteiger partial charge in [0, 0.05) is 26.7 Å². The average Bonchev–Trinajstić information content (AvgIpc) is 2.58. The normalized spacial score (nSPS) is 11.2. The minimum absolute atomic E-state index is 0.833. The number of nitrogens with zero attached hydrogens (tertiary/aromatic N) is 2. The van der Waals surface area contributed by atoms with Gasteiger partial charge in [0.15, 0.2) is 5.96 Å². The van der Waals surface area contributed by atoms with Crippen LogP contribution in [0.5, 0.6) is 5.75 Å². The van der Waals surface area contributed by atoms with Gasteiger partial charge in [0.05, 0.1) is 7.11 Å². The second-order valence-electron chi connectivity index (χ2n) is 5.54. The third-order valence-corrected chi connectivity index (χ3v) is 3.64. The first-order valence-electron chi connectivity index (χ1n) is 8.44. The van der Waals surface area contributed by atoms with E-state index in [2.05, 4.69) is 42.9 Å². The molecule has 4 nitrogen and oxygen atoms in total. The van der Waals surface area contributed by atoms with E-state index >= 15 is 0 Å². The van der Waals surface area contributed by atoms with Gasteiger partial charge in [0.2, 0.25) is 0 Å². The van der Waals surface area contributed by atoms with Crippen molar-refractivity contribution in [3.63, 3.8) is 0 Å². The van der Waals surface area contributed by atoms with Crippen LogP contribution < -0.4 is 10.1 Å². The largest absolute Gasteiger partial charge is 0.497 e. The van der Waals surface area contributed by atoms with Crippen molar-refractivity contribution in [3.8, 4) is 5.75 Å². The van der Waals surface area contributed by atoms with Crippen molar-refractivity contribution in [1.82, 2.24) is 10.2 Å². The molecule has 1 rings (SSSR count). The molecule has 0 spiro atoms. The van der Waals surface area contributed by atoms with E-state index in [0.717, 1.165) is 57.0 Å². The van der Waals surface area contributed by atoms with E-state index in [1.807, 2.05) is 18.2 Å². The van der Waals surface area contributed by atoms with Gasteiger partial charge >= 0.3 is 0 Å². The van der Waals surface area contributed by atoms with Gasteiger partial charge in [-0.1, -0.05) is 18.2 Å². The maximum absolute atomic E-state index is 5.18. The number of nitrogens with one attached hydrogen (secondary N) is 1. The molecule has 0 fully saturated rings.